The first-order chi connectivity index (χ1) is 6.79. The van der Waals surface area contributed by atoms with Crippen LogP contribution in [0.2, 0.25) is 0 Å². The van der Waals surface area contributed by atoms with Crippen LogP contribution >= 0.6 is 15.9 Å². The number of hydrogen-bond donors (Lipinski definition) is 1. The fraction of sp³-hybridized carbons (Fsp3) is 0.333. The van der Waals surface area contributed by atoms with Gasteiger partial charge >= 0.3 is 6.18 Å². The largest absolute Gasteiger partial charge is 0.390 e. The van der Waals surface area contributed by atoms with Gasteiger partial charge in [-0.3, -0.25) is 0 Å². The third kappa shape index (κ3) is 3.79. The Labute approximate surface area is 92.4 Å². The smallest absolute Gasteiger partial charge is 0.324 e. The minimum atomic E-state index is -4.36. The standard InChI is InChI=1S/C9H8BrF4N/c10-7-2-1-5(11)3-6(7)8(15)4-9(12,13)14/h1-3,8H,4,15H2/t8-/m1/s1. The number of benzene rings is 1. The minimum Gasteiger partial charge on any atom is -0.324 e. The molecule has 0 radical (unpaired) electrons. The van der Waals surface area contributed by atoms with Crippen LogP contribution in [0.15, 0.2) is 22.7 Å². The van der Waals surface area contributed by atoms with Crippen molar-refractivity contribution in [3.8, 4) is 0 Å². The van der Waals surface area contributed by atoms with Crippen LogP contribution in [0.1, 0.15) is 18.0 Å². The average Bonchev–Trinajstić information content (AvgIpc) is 2.06. The molecule has 0 saturated heterocycles. The lowest BCUT2D eigenvalue weighted by Gasteiger charge is -2.15. The van der Waals surface area contributed by atoms with E-state index in [4.69, 9.17) is 5.73 Å². The molecule has 0 fully saturated rings. The summed E-state index contributed by atoms with van der Waals surface area (Å²) in [5.41, 5.74) is 5.45. The van der Waals surface area contributed by atoms with Gasteiger partial charge in [0.2, 0.25) is 0 Å². The van der Waals surface area contributed by atoms with Crippen molar-refractivity contribution in [1.29, 1.82) is 0 Å². The van der Waals surface area contributed by atoms with E-state index in [1.807, 2.05) is 0 Å². The highest BCUT2D eigenvalue weighted by Crippen LogP contribution is 2.31. The van der Waals surface area contributed by atoms with E-state index in [2.05, 4.69) is 15.9 Å². The molecule has 84 valence electrons. The Balaban J connectivity index is 2.90. The Morgan fingerprint density at radius 3 is 2.47 bits per heavy atom. The number of nitrogens with two attached hydrogens (primary N) is 1. The molecule has 0 aliphatic heterocycles. The van der Waals surface area contributed by atoms with Crippen molar-refractivity contribution in [2.75, 3.05) is 0 Å². The van der Waals surface area contributed by atoms with Gasteiger partial charge in [-0.05, 0) is 23.8 Å². The summed E-state index contributed by atoms with van der Waals surface area (Å²) in [5.74, 6) is -0.606. The van der Waals surface area contributed by atoms with Crippen molar-refractivity contribution >= 4 is 15.9 Å². The molecule has 0 aliphatic carbocycles. The van der Waals surface area contributed by atoms with Gasteiger partial charge in [-0.25, -0.2) is 4.39 Å². The molecule has 0 aromatic heterocycles. The lowest BCUT2D eigenvalue weighted by atomic mass is 10.0. The first-order valence-electron chi connectivity index (χ1n) is 4.07. The molecular formula is C9H8BrF4N. The van der Waals surface area contributed by atoms with Gasteiger partial charge in [-0.2, -0.15) is 13.2 Å². The minimum absolute atomic E-state index is 0.118. The molecule has 6 heteroatoms. The number of rotatable bonds is 2. The zero-order valence-corrected chi connectivity index (χ0v) is 9.07. The molecule has 0 unspecified atom stereocenters. The summed E-state index contributed by atoms with van der Waals surface area (Å²) in [7, 11) is 0. The fourth-order valence-corrected chi connectivity index (χ4v) is 1.70. The highest BCUT2D eigenvalue weighted by molar-refractivity contribution is 9.10. The van der Waals surface area contributed by atoms with Crippen LogP contribution in [0, 0.1) is 5.82 Å². The van der Waals surface area contributed by atoms with Crippen molar-refractivity contribution < 1.29 is 17.6 Å². The molecule has 1 aromatic rings. The third-order valence-electron chi connectivity index (χ3n) is 1.81. The first kappa shape index (κ1) is 12.4. The van der Waals surface area contributed by atoms with Gasteiger partial charge in [-0.15, -0.1) is 0 Å². The first-order valence-corrected chi connectivity index (χ1v) is 4.86. The zero-order chi connectivity index (χ0) is 11.6. The van der Waals surface area contributed by atoms with Gasteiger partial charge in [-0.1, -0.05) is 15.9 Å². The molecule has 0 aliphatic rings. The van der Waals surface area contributed by atoms with E-state index < -0.39 is 24.5 Å². The fourth-order valence-electron chi connectivity index (χ4n) is 1.16. The van der Waals surface area contributed by atoms with Crippen LogP contribution in [-0.4, -0.2) is 6.18 Å². The van der Waals surface area contributed by atoms with Crippen molar-refractivity contribution in [3.63, 3.8) is 0 Å². The van der Waals surface area contributed by atoms with E-state index in [1.54, 1.807) is 0 Å². The molecule has 1 aromatic carbocycles. The van der Waals surface area contributed by atoms with E-state index in [9.17, 15) is 17.6 Å². The number of hydrogen-bond acceptors (Lipinski definition) is 1. The summed E-state index contributed by atoms with van der Waals surface area (Å²) >= 11 is 3.02. The Kier molecular flexibility index (Phi) is 3.72. The maximum absolute atomic E-state index is 12.8. The van der Waals surface area contributed by atoms with E-state index in [0.29, 0.717) is 4.47 Å². The Hall–Kier alpha value is -0.620. The molecule has 0 amide bonds. The van der Waals surface area contributed by atoms with Gasteiger partial charge < -0.3 is 5.73 Å². The summed E-state index contributed by atoms with van der Waals surface area (Å²) in [6.45, 7) is 0. The Morgan fingerprint density at radius 2 is 1.93 bits per heavy atom. The van der Waals surface area contributed by atoms with Crippen LogP contribution in [0.5, 0.6) is 0 Å². The molecule has 0 heterocycles. The molecule has 1 nitrogen and oxygen atoms in total. The van der Waals surface area contributed by atoms with Crippen LogP contribution in [0.25, 0.3) is 0 Å². The Morgan fingerprint density at radius 1 is 1.33 bits per heavy atom. The molecule has 1 atom stereocenters. The van der Waals surface area contributed by atoms with Crippen molar-refractivity contribution in [3.05, 3.63) is 34.1 Å². The topological polar surface area (TPSA) is 26.0 Å². The van der Waals surface area contributed by atoms with Crippen molar-refractivity contribution in [1.82, 2.24) is 0 Å². The summed E-state index contributed by atoms with van der Waals surface area (Å²) in [4.78, 5) is 0. The summed E-state index contributed by atoms with van der Waals surface area (Å²) in [6, 6.07) is 2.23. The second kappa shape index (κ2) is 4.49. The lowest BCUT2D eigenvalue weighted by Crippen LogP contribution is -2.20. The molecule has 0 bridgehead atoms. The van der Waals surface area contributed by atoms with Gasteiger partial charge in [0.15, 0.2) is 0 Å². The normalized spacial score (nSPS) is 14.0. The van der Waals surface area contributed by atoms with Crippen molar-refractivity contribution in [2.24, 2.45) is 5.73 Å². The second-order valence-electron chi connectivity index (χ2n) is 3.09. The zero-order valence-electron chi connectivity index (χ0n) is 7.48. The van der Waals surface area contributed by atoms with Crippen LogP contribution in [-0.2, 0) is 0 Å². The van der Waals surface area contributed by atoms with Crippen LogP contribution in [0.4, 0.5) is 17.6 Å². The average molecular weight is 286 g/mol. The monoisotopic (exact) mass is 285 g/mol. The highest BCUT2D eigenvalue weighted by Gasteiger charge is 2.31. The summed E-state index contributed by atoms with van der Waals surface area (Å²) < 4.78 is 49.3. The molecule has 0 saturated carbocycles. The maximum Gasteiger partial charge on any atom is 0.390 e. The molecule has 15 heavy (non-hydrogen) atoms. The van der Waals surface area contributed by atoms with Gasteiger partial charge in [0.25, 0.3) is 0 Å². The molecule has 2 N–H and O–H groups in total. The van der Waals surface area contributed by atoms with Crippen LogP contribution in [0.3, 0.4) is 0 Å². The second-order valence-corrected chi connectivity index (χ2v) is 3.95. The lowest BCUT2D eigenvalue weighted by molar-refractivity contribution is -0.138. The van der Waals surface area contributed by atoms with Gasteiger partial charge in [0.05, 0.1) is 6.42 Å². The molecule has 0 spiro atoms. The quantitative estimate of drug-likeness (QED) is 0.827. The van der Waals surface area contributed by atoms with E-state index in [1.165, 1.54) is 6.07 Å². The van der Waals surface area contributed by atoms with E-state index >= 15 is 0 Å². The Bertz CT molecular complexity index is 350. The number of alkyl halides is 3. The van der Waals surface area contributed by atoms with E-state index in [0.717, 1.165) is 12.1 Å². The third-order valence-corrected chi connectivity index (χ3v) is 2.53. The summed E-state index contributed by atoms with van der Waals surface area (Å²) in [5, 5.41) is 0. The molecular weight excluding hydrogens is 278 g/mol. The van der Waals surface area contributed by atoms with Gasteiger partial charge in [0, 0.05) is 10.5 Å². The molecule has 1 rings (SSSR count). The van der Waals surface area contributed by atoms with E-state index in [-0.39, 0.29) is 5.56 Å². The maximum atomic E-state index is 12.8. The number of halogens is 5. The van der Waals surface area contributed by atoms with Crippen LogP contribution < -0.4 is 5.73 Å². The summed E-state index contributed by atoms with van der Waals surface area (Å²) in [6.07, 6.45) is -5.53. The SMILES string of the molecule is N[C@H](CC(F)(F)F)c1cc(F)ccc1Br. The van der Waals surface area contributed by atoms with Crippen molar-refractivity contribution in [2.45, 2.75) is 18.6 Å². The predicted molar refractivity (Wildman–Crippen MR) is 51.7 cm³/mol. The predicted octanol–water partition coefficient (Wildman–Crippen LogP) is 3.54. The highest BCUT2D eigenvalue weighted by atomic mass is 79.9. The van der Waals surface area contributed by atoms with Gasteiger partial charge in [0.1, 0.15) is 5.82 Å².